The topological polar surface area (TPSA) is 177 Å². The van der Waals surface area contributed by atoms with Crippen LogP contribution in [0.15, 0.2) is 33.5 Å². The third-order valence-corrected chi connectivity index (χ3v) is 6.38. The molecule has 0 aliphatic carbocycles. The lowest BCUT2D eigenvalue weighted by atomic mass is 9.97. The summed E-state index contributed by atoms with van der Waals surface area (Å²) in [4.78, 5) is 23.8. The van der Waals surface area contributed by atoms with Gasteiger partial charge in [0.25, 0.3) is 0 Å². The number of aliphatic hydroxyl groups is 4. The van der Waals surface area contributed by atoms with Crippen LogP contribution in [0.1, 0.15) is 25.8 Å². The van der Waals surface area contributed by atoms with Crippen LogP contribution in [-0.2, 0) is 19.0 Å². The van der Waals surface area contributed by atoms with Crippen LogP contribution in [0, 0.1) is 6.92 Å². The second-order valence-corrected chi connectivity index (χ2v) is 9.15. The maximum atomic E-state index is 12.0. The molecule has 0 saturated carbocycles. The van der Waals surface area contributed by atoms with E-state index in [4.69, 9.17) is 23.4 Å². The molecule has 12 nitrogen and oxygen atoms in total. The normalized spacial score (nSPS) is 34.9. The summed E-state index contributed by atoms with van der Waals surface area (Å²) in [5, 5.41) is 43.8. The number of ether oxygens (including phenoxy) is 4. The minimum absolute atomic E-state index is 0.104. The third kappa shape index (κ3) is 5.54. The number of fused-ring (bicyclic) bond motifs is 1. The van der Waals surface area contributed by atoms with E-state index in [9.17, 15) is 30.0 Å². The first-order valence-corrected chi connectivity index (χ1v) is 11.7. The highest BCUT2D eigenvalue weighted by Crippen LogP contribution is 2.31. The molecule has 12 heteroatoms. The lowest BCUT2D eigenvalue weighted by molar-refractivity contribution is -0.320. The summed E-state index contributed by atoms with van der Waals surface area (Å²) in [7, 11) is 0. The van der Waals surface area contributed by atoms with Crippen molar-refractivity contribution in [2.45, 2.75) is 82.4 Å². The van der Waals surface area contributed by atoms with Crippen molar-refractivity contribution in [1.82, 2.24) is 5.32 Å². The standard InChI is InChI=1S/C24H31NO11/c1-10-6-18(28)35-16-7-13(4-5-15(10)16)33-23-19(25-12(3)27)17(8-14(9-26)34-23)36-24-22(31)21(30)20(29)11(2)32-24/h4-7,11,14,17,19-24,26,29-31H,8-9H2,1-3H3,(H,25,27)/t11-,14-,17-,19+,20+,21+,22-,23+,24-/m0/s1. The van der Waals surface area contributed by atoms with Crippen molar-refractivity contribution < 1.29 is 48.6 Å². The summed E-state index contributed by atoms with van der Waals surface area (Å²) in [5.41, 5.74) is 0.527. The smallest absolute Gasteiger partial charge is 0.336 e. The quantitative estimate of drug-likeness (QED) is 0.311. The van der Waals surface area contributed by atoms with E-state index >= 15 is 0 Å². The summed E-state index contributed by atoms with van der Waals surface area (Å²) in [6.45, 7) is 4.22. The molecule has 9 atom stereocenters. The monoisotopic (exact) mass is 509 g/mol. The zero-order valence-electron chi connectivity index (χ0n) is 20.1. The molecule has 4 rings (SSSR count). The minimum Gasteiger partial charge on any atom is -0.462 e. The number of carbonyl (C=O) groups excluding carboxylic acids is 1. The van der Waals surface area contributed by atoms with Gasteiger partial charge >= 0.3 is 5.63 Å². The first-order chi connectivity index (χ1) is 17.1. The van der Waals surface area contributed by atoms with Crippen molar-refractivity contribution in [3.8, 4) is 5.75 Å². The van der Waals surface area contributed by atoms with Crippen molar-refractivity contribution in [2.24, 2.45) is 0 Å². The lowest BCUT2D eigenvalue weighted by Crippen LogP contribution is -2.63. The van der Waals surface area contributed by atoms with Crippen molar-refractivity contribution in [3.05, 3.63) is 40.2 Å². The highest BCUT2D eigenvalue weighted by Gasteiger charge is 2.47. The Bertz CT molecular complexity index is 1140. The Morgan fingerprint density at radius 1 is 1.11 bits per heavy atom. The molecule has 36 heavy (non-hydrogen) atoms. The van der Waals surface area contributed by atoms with Crippen molar-refractivity contribution in [2.75, 3.05) is 6.61 Å². The van der Waals surface area contributed by atoms with E-state index in [1.165, 1.54) is 26.0 Å². The summed E-state index contributed by atoms with van der Waals surface area (Å²) in [5.74, 6) is -0.141. The van der Waals surface area contributed by atoms with Crippen LogP contribution in [0.4, 0.5) is 0 Å². The Balaban J connectivity index is 1.61. The predicted octanol–water partition coefficient (Wildman–Crippen LogP) is -0.695. The van der Waals surface area contributed by atoms with Crippen molar-refractivity contribution in [3.63, 3.8) is 0 Å². The number of rotatable bonds is 6. The molecule has 0 unspecified atom stereocenters. The molecule has 2 saturated heterocycles. The Labute approximate surface area is 206 Å². The summed E-state index contributed by atoms with van der Waals surface area (Å²) < 4.78 is 28.7. The van der Waals surface area contributed by atoms with E-state index in [1.54, 1.807) is 19.1 Å². The molecule has 1 aromatic heterocycles. The Morgan fingerprint density at radius 2 is 1.86 bits per heavy atom. The fourth-order valence-corrected chi connectivity index (χ4v) is 4.48. The zero-order valence-corrected chi connectivity index (χ0v) is 20.1. The number of nitrogens with one attached hydrogen (secondary N) is 1. The zero-order chi connectivity index (χ0) is 26.1. The van der Waals surface area contributed by atoms with Gasteiger partial charge in [0.2, 0.25) is 12.2 Å². The molecule has 1 amide bonds. The average Bonchev–Trinajstić information content (AvgIpc) is 2.82. The fourth-order valence-electron chi connectivity index (χ4n) is 4.48. The average molecular weight is 510 g/mol. The van der Waals surface area contributed by atoms with Crippen LogP contribution in [-0.4, -0.2) is 88.2 Å². The Kier molecular flexibility index (Phi) is 7.95. The van der Waals surface area contributed by atoms with Crippen LogP contribution in [0.3, 0.4) is 0 Å². The van der Waals surface area contributed by atoms with Gasteiger partial charge in [0.05, 0.1) is 24.9 Å². The highest BCUT2D eigenvalue weighted by molar-refractivity contribution is 5.81. The summed E-state index contributed by atoms with van der Waals surface area (Å²) in [6, 6.07) is 5.35. The van der Waals surface area contributed by atoms with Gasteiger partial charge in [-0.1, -0.05) is 0 Å². The number of aliphatic hydroxyl groups excluding tert-OH is 4. The number of aryl methyl sites for hydroxylation is 1. The first kappa shape index (κ1) is 26.5. The summed E-state index contributed by atoms with van der Waals surface area (Å²) >= 11 is 0. The van der Waals surface area contributed by atoms with Gasteiger partial charge in [0.1, 0.15) is 35.7 Å². The molecule has 198 valence electrons. The van der Waals surface area contributed by atoms with Crippen LogP contribution >= 0.6 is 0 Å². The lowest BCUT2D eigenvalue weighted by Gasteiger charge is -2.45. The molecule has 3 heterocycles. The highest BCUT2D eigenvalue weighted by atomic mass is 16.7. The van der Waals surface area contributed by atoms with Gasteiger partial charge in [-0.25, -0.2) is 4.79 Å². The SMILES string of the molecule is CC(=O)N[C@H]1[C@H](Oc2ccc3c(C)cc(=O)oc3c2)O[C@H](CO)C[C@@H]1O[C@@H]1O[C@@H](C)[C@@H](O)[C@@H](O)[C@@H]1O. The predicted molar refractivity (Wildman–Crippen MR) is 123 cm³/mol. The Morgan fingerprint density at radius 3 is 2.56 bits per heavy atom. The third-order valence-electron chi connectivity index (χ3n) is 6.38. The maximum Gasteiger partial charge on any atom is 0.336 e. The second-order valence-electron chi connectivity index (χ2n) is 9.15. The molecule has 2 aliphatic heterocycles. The van der Waals surface area contributed by atoms with E-state index in [-0.39, 0.29) is 18.8 Å². The fraction of sp³-hybridized carbons (Fsp3) is 0.583. The van der Waals surface area contributed by atoms with Crippen molar-refractivity contribution >= 4 is 16.9 Å². The van der Waals surface area contributed by atoms with E-state index in [2.05, 4.69) is 5.32 Å². The molecule has 2 fully saturated rings. The van der Waals surface area contributed by atoms with Gasteiger partial charge in [0, 0.05) is 30.9 Å². The van der Waals surface area contributed by atoms with E-state index in [0.717, 1.165) is 10.9 Å². The second kappa shape index (κ2) is 10.8. The van der Waals surface area contributed by atoms with Gasteiger partial charge < -0.3 is 49.1 Å². The van der Waals surface area contributed by atoms with Gasteiger partial charge in [0.15, 0.2) is 6.29 Å². The molecule has 2 aromatic rings. The van der Waals surface area contributed by atoms with Gasteiger partial charge in [-0.15, -0.1) is 0 Å². The molecule has 1 aromatic carbocycles. The maximum absolute atomic E-state index is 12.0. The molecule has 2 aliphatic rings. The first-order valence-electron chi connectivity index (χ1n) is 11.7. The van der Waals surface area contributed by atoms with Crippen LogP contribution < -0.4 is 15.7 Å². The van der Waals surface area contributed by atoms with Crippen LogP contribution in [0.2, 0.25) is 0 Å². The largest absolute Gasteiger partial charge is 0.462 e. The molecule has 5 N–H and O–H groups in total. The molecule has 0 radical (unpaired) electrons. The number of amides is 1. The van der Waals surface area contributed by atoms with Gasteiger partial charge in [-0.3, -0.25) is 4.79 Å². The molecule has 0 spiro atoms. The van der Waals surface area contributed by atoms with Gasteiger partial charge in [-0.2, -0.15) is 0 Å². The molecule has 0 bridgehead atoms. The van der Waals surface area contributed by atoms with E-state index in [1.807, 2.05) is 0 Å². The number of carbonyl (C=O) groups is 1. The molecular formula is C24H31NO11. The van der Waals surface area contributed by atoms with Crippen LogP contribution in [0.5, 0.6) is 5.75 Å². The van der Waals surface area contributed by atoms with Crippen LogP contribution in [0.25, 0.3) is 11.0 Å². The molecular weight excluding hydrogens is 478 g/mol. The van der Waals surface area contributed by atoms with E-state index in [0.29, 0.717) is 5.58 Å². The van der Waals surface area contributed by atoms with Crippen molar-refractivity contribution in [1.29, 1.82) is 0 Å². The van der Waals surface area contributed by atoms with Gasteiger partial charge in [-0.05, 0) is 31.5 Å². The number of benzene rings is 1. The minimum atomic E-state index is -1.56. The Hall–Kier alpha value is -2.58. The number of hydrogen-bond donors (Lipinski definition) is 5. The number of hydrogen-bond acceptors (Lipinski definition) is 11. The van der Waals surface area contributed by atoms with E-state index < -0.39 is 66.8 Å². The summed E-state index contributed by atoms with van der Waals surface area (Å²) in [6.07, 6.45) is -9.19.